The summed E-state index contributed by atoms with van der Waals surface area (Å²) in [6, 6.07) is 10.3. The van der Waals surface area contributed by atoms with Gasteiger partial charge in [0.25, 0.3) is 11.8 Å². The first-order valence-electron chi connectivity index (χ1n) is 12.7. The van der Waals surface area contributed by atoms with Crippen LogP contribution in [0.25, 0.3) is 5.57 Å². The van der Waals surface area contributed by atoms with Gasteiger partial charge in [-0.1, -0.05) is 42.0 Å². The molecule has 42 heavy (non-hydrogen) atoms. The topological polar surface area (TPSA) is 102 Å². The molecule has 0 radical (unpaired) electrons. The van der Waals surface area contributed by atoms with E-state index < -0.39 is 68.5 Å². The van der Waals surface area contributed by atoms with E-state index in [4.69, 9.17) is 4.74 Å². The molecule has 0 aliphatic carbocycles. The van der Waals surface area contributed by atoms with Crippen molar-refractivity contribution in [2.45, 2.75) is 69.6 Å². The van der Waals surface area contributed by atoms with Crippen LogP contribution in [0, 0.1) is 6.92 Å². The Morgan fingerprint density at radius 1 is 0.976 bits per heavy atom. The van der Waals surface area contributed by atoms with Crippen molar-refractivity contribution >= 4 is 27.4 Å². The molecule has 0 aromatic heterocycles. The molecule has 230 valence electrons. The number of halogens is 6. The van der Waals surface area contributed by atoms with E-state index in [9.17, 15) is 44.3 Å². The van der Waals surface area contributed by atoms with Crippen LogP contribution in [0.3, 0.4) is 0 Å². The molecule has 2 N–H and O–H groups in total. The van der Waals surface area contributed by atoms with Crippen molar-refractivity contribution in [1.82, 2.24) is 10.0 Å². The number of nitrogens with one attached hydrogen (secondary N) is 2. The fraction of sp³-hybridized carbons (Fsp3) is 0.429. The fourth-order valence-electron chi connectivity index (χ4n) is 4.17. The van der Waals surface area contributed by atoms with Crippen LogP contribution in [-0.2, 0) is 25.2 Å². The lowest BCUT2D eigenvalue weighted by atomic mass is 9.76. The molecule has 7 nitrogen and oxygen atoms in total. The van der Waals surface area contributed by atoms with Gasteiger partial charge in [0.15, 0.2) is 5.54 Å². The minimum absolute atomic E-state index is 0.0159. The smallest absolute Gasteiger partial charge is 0.416 e. The van der Waals surface area contributed by atoms with Gasteiger partial charge >= 0.3 is 12.4 Å². The third kappa shape index (κ3) is 7.26. The molecule has 1 heterocycles. The monoisotopic (exact) mass is 620 g/mol. The van der Waals surface area contributed by atoms with Gasteiger partial charge in [0, 0.05) is 12.8 Å². The number of aryl methyl sites for hydroxylation is 1. The van der Waals surface area contributed by atoms with Gasteiger partial charge in [-0.2, -0.15) is 26.3 Å². The van der Waals surface area contributed by atoms with Gasteiger partial charge in [0.2, 0.25) is 10.0 Å². The number of hydrogen-bond donors (Lipinski definition) is 2. The third-order valence-electron chi connectivity index (χ3n) is 6.66. The Morgan fingerprint density at radius 2 is 1.55 bits per heavy atom. The maximum Gasteiger partial charge on any atom is 0.416 e. The Labute approximate surface area is 239 Å². The average Bonchev–Trinajstić information content (AvgIpc) is 2.84. The van der Waals surface area contributed by atoms with Crippen LogP contribution in [0.5, 0.6) is 5.75 Å². The summed E-state index contributed by atoms with van der Waals surface area (Å²) in [4.78, 5) is 26.5. The van der Waals surface area contributed by atoms with E-state index in [-0.39, 0.29) is 29.9 Å². The van der Waals surface area contributed by atoms with Gasteiger partial charge < -0.3 is 10.1 Å². The van der Waals surface area contributed by atoms with Crippen molar-refractivity contribution in [3.63, 3.8) is 0 Å². The molecule has 0 saturated heterocycles. The van der Waals surface area contributed by atoms with Crippen LogP contribution in [0.15, 0.2) is 54.1 Å². The van der Waals surface area contributed by atoms with Crippen LogP contribution >= 0.6 is 0 Å². The summed E-state index contributed by atoms with van der Waals surface area (Å²) in [6.07, 6.45) is -11.9. The number of amides is 2. The Kier molecular flexibility index (Phi) is 9.11. The van der Waals surface area contributed by atoms with E-state index in [1.165, 1.54) is 32.9 Å². The molecule has 0 unspecified atom stereocenters. The number of ether oxygens (including phenoxy) is 1. The molecule has 0 spiro atoms. The Morgan fingerprint density at radius 3 is 2.05 bits per heavy atom. The molecule has 2 amide bonds. The first kappa shape index (κ1) is 33.0. The summed E-state index contributed by atoms with van der Waals surface area (Å²) in [5.41, 5.74) is -3.73. The summed E-state index contributed by atoms with van der Waals surface area (Å²) < 4.78 is 112. The number of rotatable bonds is 8. The number of sulfonamides is 1. The standard InChI is InChI=1S/C28H30F6N2O5S/c1-17-6-8-18(9-7-17)21-16-26(28(32,33)34,19-10-12-20(13-11-19)41-15-5-14-27(29,30)31)35-23(37)22(21)24(38)36-42(39,40)25(2,3)4/h6-13H,5,14-16H2,1-4H3,(H,35,37)(H,36,38)/t26-/m0/s1. The van der Waals surface area contributed by atoms with Gasteiger partial charge in [-0.25, -0.2) is 13.1 Å². The molecule has 0 fully saturated rings. The van der Waals surface area contributed by atoms with E-state index in [1.54, 1.807) is 23.8 Å². The van der Waals surface area contributed by atoms with Gasteiger partial charge in [0.05, 0.1) is 11.4 Å². The molecule has 1 atom stereocenters. The second kappa shape index (κ2) is 11.6. The van der Waals surface area contributed by atoms with Gasteiger partial charge in [-0.05, 0) is 62.9 Å². The molecule has 14 heteroatoms. The molecule has 1 aliphatic rings. The second-order valence-corrected chi connectivity index (χ2v) is 13.3. The zero-order valence-electron chi connectivity index (χ0n) is 23.2. The van der Waals surface area contributed by atoms with Gasteiger partial charge in [0.1, 0.15) is 11.3 Å². The maximum absolute atomic E-state index is 14.9. The minimum atomic E-state index is -5.10. The van der Waals surface area contributed by atoms with Crippen molar-refractivity contribution in [1.29, 1.82) is 0 Å². The molecule has 1 aliphatic heterocycles. The number of carbonyl (C=O) groups is 2. The highest BCUT2D eigenvalue weighted by atomic mass is 32.2. The third-order valence-corrected chi connectivity index (χ3v) is 8.73. The average molecular weight is 621 g/mol. The molecule has 3 rings (SSSR count). The quantitative estimate of drug-likeness (QED) is 0.224. The zero-order chi connectivity index (χ0) is 31.7. The first-order chi connectivity index (χ1) is 19.2. The summed E-state index contributed by atoms with van der Waals surface area (Å²) in [5, 5.41) is 1.90. The molecular formula is C28H30F6N2O5S. The molecular weight excluding hydrogens is 590 g/mol. The number of carbonyl (C=O) groups excluding carboxylic acids is 2. The predicted molar refractivity (Wildman–Crippen MR) is 143 cm³/mol. The van der Waals surface area contributed by atoms with Crippen LogP contribution in [-0.4, -0.2) is 43.9 Å². The van der Waals surface area contributed by atoms with Crippen LogP contribution < -0.4 is 14.8 Å². The van der Waals surface area contributed by atoms with Crippen LogP contribution in [0.2, 0.25) is 0 Å². The van der Waals surface area contributed by atoms with Crippen LogP contribution in [0.4, 0.5) is 26.3 Å². The Hall–Kier alpha value is -3.55. The number of hydrogen-bond acceptors (Lipinski definition) is 5. The summed E-state index contributed by atoms with van der Waals surface area (Å²) in [7, 11) is -4.33. The normalized spacial score (nSPS) is 18.5. The lowest BCUT2D eigenvalue weighted by Gasteiger charge is -2.41. The van der Waals surface area contributed by atoms with Gasteiger partial charge in [-0.15, -0.1) is 0 Å². The lowest BCUT2D eigenvalue weighted by molar-refractivity contribution is -0.201. The Balaban J connectivity index is 2.07. The van der Waals surface area contributed by atoms with Crippen LogP contribution in [0.1, 0.15) is 56.7 Å². The summed E-state index contributed by atoms with van der Waals surface area (Å²) >= 11 is 0. The fourth-order valence-corrected chi connectivity index (χ4v) is 4.82. The molecule has 0 saturated carbocycles. The van der Waals surface area contributed by atoms with Crippen molar-refractivity contribution in [3.05, 3.63) is 70.8 Å². The summed E-state index contributed by atoms with van der Waals surface area (Å²) in [6.45, 7) is 5.31. The summed E-state index contributed by atoms with van der Waals surface area (Å²) in [5.74, 6) is -2.80. The number of alkyl halides is 6. The first-order valence-corrected chi connectivity index (χ1v) is 14.2. The number of benzene rings is 2. The predicted octanol–water partition coefficient (Wildman–Crippen LogP) is 5.69. The molecule has 2 aromatic rings. The Bertz CT molecular complexity index is 1460. The molecule has 0 bridgehead atoms. The maximum atomic E-state index is 14.9. The highest BCUT2D eigenvalue weighted by Gasteiger charge is 2.60. The van der Waals surface area contributed by atoms with E-state index >= 15 is 0 Å². The van der Waals surface area contributed by atoms with E-state index in [0.29, 0.717) is 0 Å². The highest BCUT2D eigenvalue weighted by Crippen LogP contribution is 2.48. The van der Waals surface area contributed by atoms with E-state index in [2.05, 4.69) is 0 Å². The minimum Gasteiger partial charge on any atom is -0.494 e. The van der Waals surface area contributed by atoms with Crippen molar-refractivity contribution in [3.8, 4) is 5.75 Å². The molecule has 2 aromatic carbocycles. The second-order valence-electron chi connectivity index (χ2n) is 10.9. The highest BCUT2D eigenvalue weighted by molar-refractivity contribution is 7.91. The van der Waals surface area contributed by atoms with Crippen molar-refractivity contribution in [2.75, 3.05) is 6.61 Å². The van der Waals surface area contributed by atoms with Gasteiger partial charge in [-0.3, -0.25) is 9.59 Å². The van der Waals surface area contributed by atoms with E-state index in [0.717, 1.165) is 29.8 Å². The van der Waals surface area contributed by atoms with E-state index in [1.807, 2.05) is 5.32 Å². The van der Waals surface area contributed by atoms with Crippen molar-refractivity contribution in [2.24, 2.45) is 0 Å². The zero-order valence-corrected chi connectivity index (χ0v) is 24.0. The largest absolute Gasteiger partial charge is 0.494 e. The van der Waals surface area contributed by atoms with Crippen molar-refractivity contribution < 1.29 is 49.1 Å². The SMILES string of the molecule is Cc1ccc(C2=C(C(=O)NS(=O)(=O)C(C)(C)C)C(=O)N[C@@](c3ccc(OCCCC(F)(F)F)cc3)(C(F)(F)F)C2)cc1. The lowest BCUT2D eigenvalue weighted by Crippen LogP contribution is -2.60.